The van der Waals surface area contributed by atoms with Crippen molar-refractivity contribution in [3.63, 3.8) is 0 Å². The maximum absolute atomic E-state index is 12.6. The molecule has 0 atom stereocenters. The largest absolute Gasteiger partial charge is 0.871 e. The van der Waals surface area contributed by atoms with Gasteiger partial charge in [0.2, 0.25) is 5.88 Å². The molecule has 114 valence electrons. The monoisotopic (exact) mass is 307 g/mol. The van der Waals surface area contributed by atoms with Gasteiger partial charge in [0.1, 0.15) is 16.9 Å². The zero-order valence-electron chi connectivity index (χ0n) is 12.1. The fourth-order valence-corrected chi connectivity index (χ4v) is 2.68. The predicted octanol–water partition coefficient (Wildman–Crippen LogP) is 2.20. The Morgan fingerprint density at radius 2 is 2.00 bits per heavy atom. The van der Waals surface area contributed by atoms with Gasteiger partial charge in [0.15, 0.2) is 0 Å². The predicted molar refractivity (Wildman–Crippen MR) is 82.5 cm³/mol. The molecule has 0 saturated carbocycles. The van der Waals surface area contributed by atoms with Crippen LogP contribution in [0.2, 0.25) is 0 Å². The number of aromatic nitrogens is 2. The molecule has 1 aromatic carbocycles. The van der Waals surface area contributed by atoms with E-state index in [1.54, 1.807) is 36.5 Å². The number of para-hydroxylation sites is 1. The van der Waals surface area contributed by atoms with E-state index in [4.69, 9.17) is 4.42 Å². The van der Waals surface area contributed by atoms with E-state index in [1.807, 2.05) is 13.0 Å². The third kappa shape index (κ3) is 1.81. The number of pyridine rings is 1. The summed E-state index contributed by atoms with van der Waals surface area (Å²) in [7, 11) is 0. The van der Waals surface area contributed by atoms with Crippen molar-refractivity contribution in [3.05, 3.63) is 58.6 Å². The topological polar surface area (TPSA) is 90.8 Å². The van der Waals surface area contributed by atoms with Gasteiger partial charge >= 0.3 is 5.63 Å². The third-order valence-corrected chi connectivity index (χ3v) is 3.82. The van der Waals surface area contributed by atoms with Gasteiger partial charge in [0.25, 0.3) is 0 Å². The molecule has 4 aromatic rings. The summed E-state index contributed by atoms with van der Waals surface area (Å²) in [5.74, 6) is -0.767. The highest BCUT2D eigenvalue weighted by atomic mass is 16.4. The highest BCUT2D eigenvalue weighted by molar-refractivity contribution is 5.90. The Bertz CT molecular complexity index is 1120. The Balaban J connectivity index is 2.13. The zero-order valence-corrected chi connectivity index (χ0v) is 12.1. The van der Waals surface area contributed by atoms with E-state index in [0.717, 1.165) is 5.56 Å². The summed E-state index contributed by atoms with van der Waals surface area (Å²) >= 11 is 0. The Kier molecular flexibility index (Phi) is 2.68. The second kappa shape index (κ2) is 4.61. The lowest BCUT2D eigenvalue weighted by molar-refractivity contribution is -0.265. The summed E-state index contributed by atoms with van der Waals surface area (Å²) in [5, 5.41) is 23.3. The van der Waals surface area contributed by atoms with Crippen molar-refractivity contribution in [3.8, 4) is 22.9 Å². The molecule has 0 radical (unpaired) electrons. The first kappa shape index (κ1) is 13.4. The van der Waals surface area contributed by atoms with Gasteiger partial charge in [0.05, 0.1) is 5.56 Å². The SMILES string of the molecule is Cc1cccn2c(O)c(-c3c([O-])c4ccccc4oc3=O)nc12. The average Bonchev–Trinajstić information content (AvgIpc) is 2.86. The van der Waals surface area contributed by atoms with Gasteiger partial charge in [-0.2, -0.15) is 0 Å². The maximum atomic E-state index is 12.6. The molecule has 1 N–H and O–H groups in total. The van der Waals surface area contributed by atoms with Crippen molar-refractivity contribution in [2.24, 2.45) is 0 Å². The number of rotatable bonds is 1. The van der Waals surface area contributed by atoms with Crippen LogP contribution in [0.25, 0.3) is 27.9 Å². The van der Waals surface area contributed by atoms with Crippen LogP contribution in [0.5, 0.6) is 11.6 Å². The summed E-state index contributed by atoms with van der Waals surface area (Å²) in [4.78, 5) is 16.5. The fraction of sp³-hybridized carbons (Fsp3) is 0.0588. The lowest BCUT2D eigenvalue weighted by atomic mass is 10.1. The van der Waals surface area contributed by atoms with Gasteiger partial charge in [-0.15, -0.1) is 0 Å². The lowest BCUT2D eigenvalue weighted by Gasteiger charge is -2.13. The standard InChI is InChI=1S/C17H12N2O4/c1-9-5-4-8-19-15(9)18-13(16(19)21)12-14(20)10-6-2-3-7-11(10)23-17(12)22/h2-8,20-21H,1H3/p-1. The second-order valence-corrected chi connectivity index (χ2v) is 5.26. The van der Waals surface area contributed by atoms with Crippen LogP contribution in [0.1, 0.15) is 5.56 Å². The van der Waals surface area contributed by atoms with Crippen LogP contribution in [0.15, 0.2) is 51.8 Å². The lowest BCUT2D eigenvalue weighted by Crippen LogP contribution is -2.09. The summed E-state index contributed by atoms with van der Waals surface area (Å²) in [5.41, 5.74) is 0.363. The molecular formula is C17H11N2O4-. The number of fused-ring (bicyclic) bond motifs is 2. The van der Waals surface area contributed by atoms with Gasteiger partial charge in [-0.3, -0.25) is 4.40 Å². The molecule has 0 aliphatic carbocycles. The molecule has 6 nitrogen and oxygen atoms in total. The smallest absolute Gasteiger partial charge is 0.345 e. The van der Waals surface area contributed by atoms with Crippen LogP contribution in [-0.2, 0) is 0 Å². The van der Waals surface area contributed by atoms with Crippen molar-refractivity contribution in [2.75, 3.05) is 0 Å². The molecule has 4 rings (SSSR count). The number of hydrogen-bond donors (Lipinski definition) is 1. The van der Waals surface area contributed by atoms with E-state index in [9.17, 15) is 15.0 Å². The normalized spacial score (nSPS) is 11.3. The average molecular weight is 307 g/mol. The van der Waals surface area contributed by atoms with E-state index >= 15 is 0 Å². The summed E-state index contributed by atoms with van der Waals surface area (Å²) in [6.45, 7) is 1.83. The molecular weight excluding hydrogens is 296 g/mol. The van der Waals surface area contributed by atoms with Crippen molar-refractivity contribution in [1.29, 1.82) is 0 Å². The van der Waals surface area contributed by atoms with E-state index in [0.29, 0.717) is 5.65 Å². The minimum Gasteiger partial charge on any atom is -0.871 e. The molecule has 0 saturated heterocycles. The van der Waals surface area contributed by atoms with E-state index in [1.165, 1.54) is 4.40 Å². The maximum Gasteiger partial charge on any atom is 0.345 e. The van der Waals surface area contributed by atoms with Gasteiger partial charge in [0, 0.05) is 11.6 Å². The Hall–Kier alpha value is -3.28. The fourth-order valence-electron chi connectivity index (χ4n) is 2.68. The number of hydrogen-bond acceptors (Lipinski definition) is 5. The zero-order chi connectivity index (χ0) is 16.1. The number of benzene rings is 1. The summed E-state index contributed by atoms with van der Waals surface area (Å²) in [6, 6.07) is 10.1. The van der Waals surface area contributed by atoms with Gasteiger partial charge < -0.3 is 14.6 Å². The number of nitrogens with zero attached hydrogens (tertiary/aromatic N) is 2. The first-order valence-electron chi connectivity index (χ1n) is 6.98. The van der Waals surface area contributed by atoms with Crippen molar-refractivity contribution < 1.29 is 14.6 Å². The molecule has 3 aromatic heterocycles. The number of imidazole rings is 1. The van der Waals surface area contributed by atoms with E-state index in [2.05, 4.69) is 4.98 Å². The van der Waals surface area contributed by atoms with E-state index < -0.39 is 11.4 Å². The molecule has 0 unspecified atom stereocenters. The Morgan fingerprint density at radius 3 is 2.78 bits per heavy atom. The van der Waals surface area contributed by atoms with Crippen LogP contribution in [-0.4, -0.2) is 14.5 Å². The van der Waals surface area contributed by atoms with Gasteiger partial charge in [-0.1, -0.05) is 30.0 Å². The molecule has 0 aliphatic rings. The molecule has 3 heterocycles. The van der Waals surface area contributed by atoms with Gasteiger partial charge in [-0.05, 0) is 24.6 Å². The third-order valence-electron chi connectivity index (χ3n) is 3.82. The van der Waals surface area contributed by atoms with Gasteiger partial charge in [-0.25, -0.2) is 9.78 Å². The molecule has 23 heavy (non-hydrogen) atoms. The molecule has 0 spiro atoms. The van der Waals surface area contributed by atoms with Crippen molar-refractivity contribution in [2.45, 2.75) is 6.92 Å². The first-order valence-corrected chi connectivity index (χ1v) is 6.98. The first-order chi connectivity index (χ1) is 11.1. The quantitative estimate of drug-likeness (QED) is 0.544. The molecule has 6 heteroatoms. The minimum absolute atomic E-state index is 0.0659. The van der Waals surface area contributed by atoms with Crippen molar-refractivity contribution >= 4 is 16.6 Å². The second-order valence-electron chi connectivity index (χ2n) is 5.26. The number of aromatic hydroxyl groups is 1. The van der Waals surface area contributed by atoms with Crippen LogP contribution in [0.4, 0.5) is 0 Å². The summed E-state index contributed by atoms with van der Waals surface area (Å²) < 4.78 is 6.62. The number of aryl methyl sites for hydroxylation is 1. The highest BCUT2D eigenvalue weighted by Gasteiger charge is 2.19. The van der Waals surface area contributed by atoms with Crippen LogP contribution in [0, 0.1) is 6.92 Å². The molecule has 0 bridgehead atoms. The Labute approximate surface area is 129 Å². The van der Waals surface area contributed by atoms with Crippen molar-refractivity contribution in [1.82, 2.24) is 9.38 Å². The molecule has 0 amide bonds. The highest BCUT2D eigenvalue weighted by Crippen LogP contribution is 2.35. The Morgan fingerprint density at radius 1 is 1.22 bits per heavy atom. The molecule has 0 fully saturated rings. The molecule has 0 aliphatic heterocycles. The van der Waals surface area contributed by atoms with Crippen LogP contribution < -0.4 is 10.7 Å². The summed E-state index contributed by atoms with van der Waals surface area (Å²) in [6.07, 6.45) is 1.61. The minimum atomic E-state index is -0.815. The van der Waals surface area contributed by atoms with Crippen LogP contribution >= 0.6 is 0 Å². The van der Waals surface area contributed by atoms with E-state index in [-0.39, 0.29) is 28.1 Å². The van der Waals surface area contributed by atoms with Crippen LogP contribution in [0.3, 0.4) is 0 Å².